The van der Waals surface area contributed by atoms with Gasteiger partial charge in [-0.05, 0) is 55.5 Å². The number of unbranched alkanes of at least 4 members (excludes halogenated alkanes) is 1. The van der Waals surface area contributed by atoms with Crippen molar-refractivity contribution in [1.29, 1.82) is 0 Å². The van der Waals surface area contributed by atoms with Crippen molar-refractivity contribution >= 4 is 5.57 Å². The predicted octanol–water partition coefficient (Wildman–Crippen LogP) is 3.96. The molecular formula is C16H25NO. The molecule has 0 heterocycles. The summed E-state index contributed by atoms with van der Waals surface area (Å²) >= 11 is 0. The van der Waals surface area contributed by atoms with Gasteiger partial charge in [0, 0.05) is 5.56 Å². The lowest BCUT2D eigenvalue weighted by Crippen LogP contribution is -1.97. The first-order valence-electron chi connectivity index (χ1n) is 6.65. The van der Waals surface area contributed by atoms with Crippen molar-refractivity contribution in [3.05, 3.63) is 35.4 Å². The number of nitrogens with two attached hydrogens (primary N) is 1. The van der Waals surface area contributed by atoms with Gasteiger partial charge in [-0.1, -0.05) is 26.0 Å². The summed E-state index contributed by atoms with van der Waals surface area (Å²) in [5, 5.41) is 0. The Kier molecular flexibility index (Phi) is 5.93. The van der Waals surface area contributed by atoms with Crippen LogP contribution in [0.1, 0.15) is 50.7 Å². The summed E-state index contributed by atoms with van der Waals surface area (Å²) in [7, 11) is 1.72. The molecule has 0 saturated carbocycles. The summed E-state index contributed by atoms with van der Waals surface area (Å²) in [6, 6.07) is 6.43. The number of hydrogen-bond donors (Lipinski definition) is 1. The zero-order valence-corrected chi connectivity index (χ0v) is 12.0. The minimum Gasteiger partial charge on any atom is -0.496 e. The monoisotopic (exact) mass is 247 g/mol. The summed E-state index contributed by atoms with van der Waals surface area (Å²) in [5.41, 5.74) is 9.33. The van der Waals surface area contributed by atoms with Crippen molar-refractivity contribution in [2.45, 2.75) is 39.5 Å². The van der Waals surface area contributed by atoms with Crippen molar-refractivity contribution < 1.29 is 4.74 Å². The van der Waals surface area contributed by atoms with Crippen LogP contribution in [-0.4, -0.2) is 13.7 Å². The summed E-state index contributed by atoms with van der Waals surface area (Å²) in [4.78, 5) is 0. The summed E-state index contributed by atoms with van der Waals surface area (Å²) in [6.07, 6.45) is 4.30. The van der Waals surface area contributed by atoms with Crippen molar-refractivity contribution in [3.8, 4) is 5.75 Å². The largest absolute Gasteiger partial charge is 0.496 e. The third-order valence-electron chi connectivity index (χ3n) is 3.17. The second-order valence-corrected chi connectivity index (χ2v) is 4.93. The molecule has 0 atom stereocenters. The molecule has 100 valence electrons. The van der Waals surface area contributed by atoms with Gasteiger partial charge in [0.05, 0.1) is 7.11 Å². The van der Waals surface area contributed by atoms with Gasteiger partial charge in [0.1, 0.15) is 5.75 Å². The second kappa shape index (κ2) is 7.22. The highest BCUT2D eigenvalue weighted by atomic mass is 16.5. The Balaban J connectivity index is 3.03. The SMILES string of the molecule is COc1ccc(C(C)C)cc1/C(C)=C/CCCN. The first kappa shape index (κ1) is 14.8. The summed E-state index contributed by atoms with van der Waals surface area (Å²) in [5.74, 6) is 1.48. The van der Waals surface area contributed by atoms with Crippen LogP contribution in [0.2, 0.25) is 0 Å². The van der Waals surface area contributed by atoms with Crippen LogP contribution >= 0.6 is 0 Å². The summed E-state index contributed by atoms with van der Waals surface area (Å²) < 4.78 is 5.44. The molecule has 2 nitrogen and oxygen atoms in total. The average molecular weight is 247 g/mol. The van der Waals surface area contributed by atoms with E-state index >= 15 is 0 Å². The Labute approximate surface area is 111 Å². The van der Waals surface area contributed by atoms with Crippen LogP contribution < -0.4 is 10.5 Å². The molecule has 0 amide bonds. The maximum atomic E-state index is 5.52. The molecule has 0 radical (unpaired) electrons. The van der Waals surface area contributed by atoms with Gasteiger partial charge in [0.15, 0.2) is 0 Å². The number of rotatable bonds is 6. The van der Waals surface area contributed by atoms with E-state index in [0.29, 0.717) is 5.92 Å². The van der Waals surface area contributed by atoms with Crippen molar-refractivity contribution in [2.75, 3.05) is 13.7 Å². The van der Waals surface area contributed by atoms with E-state index in [4.69, 9.17) is 10.5 Å². The van der Waals surface area contributed by atoms with E-state index < -0.39 is 0 Å². The van der Waals surface area contributed by atoms with Gasteiger partial charge < -0.3 is 10.5 Å². The molecule has 0 fully saturated rings. The molecule has 0 bridgehead atoms. The molecule has 1 rings (SSSR count). The number of hydrogen-bond acceptors (Lipinski definition) is 2. The molecule has 18 heavy (non-hydrogen) atoms. The highest BCUT2D eigenvalue weighted by Crippen LogP contribution is 2.29. The van der Waals surface area contributed by atoms with Crippen molar-refractivity contribution in [1.82, 2.24) is 0 Å². The van der Waals surface area contributed by atoms with Gasteiger partial charge in [-0.2, -0.15) is 0 Å². The number of ether oxygens (including phenoxy) is 1. The zero-order valence-electron chi connectivity index (χ0n) is 12.0. The molecule has 0 aliphatic carbocycles. The highest BCUT2D eigenvalue weighted by Gasteiger charge is 2.08. The first-order valence-corrected chi connectivity index (χ1v) is 6.65. The van der Waals surface area contributed by atoms with E-state index in [0.717, 1.165) is 25.1 Å². The lowest BCUT2D eigenvalue weighted by atomic mass is 9.96. The minimum atomic E-state index is 0.534. The lowest BCUT2D eigenvalue weighted by molar-refractivity contribution is 0.413. The Bertz CT molecular complexity index is 408. The highest BCUT2D eigenvalue weighted by molar-refractivity contribution is 5.69. The van der Waals surface area contributed by atoms with Crippen molar-refractivity contribution in [3.63, 3.8) is 0 Å². The normalized spacial score (nSPS) is 12.0. The molecule has 2 heteroatoms. The number of benzene rings is 1. The molecule has 2 N–H and O–H groups in total. The minimum absolute atomic E-state index is 0.534. The fraction of sp³-hybridized carbons (Fsp3) is 0.500. The van der Waals surface area contributed by atoms with Crippen LogP contribution in [-0.2, 0) is 0 Å². The maximum Gasteiger partial charge on any atom is 0.126 e. The quantitative estimate of drug-likeness (QED) is 0.772. The molecule has 0 spiro atoms. The smallest absolute Gasteiger partial charge is 0.126 e. The van der Waals surface area contributed by atoms with Crippen LogP contribution in [0.25, 0.3) is 5.57 Å². The van der Waals surface area contributed by atoms with Gasteiger partial charge in [-0.15, -0.1) is 0 Å². The zero-order chi connectivity index (χ0) is 13.5. The second-order valence-electron chi connectivity index (χ2n) is 4.93. The lowest BCUT2D eigenvalue weighted by Gasteiger charge is -2.13. The van der Waals surface area contributed by atoms with Gasteiger partial charge in [0.2, 0.25) is 0 Å². The molecule has 0 aromatic heterocycles. The Morgan fingerprint density at radius 3 is 2.67 bits per heavy atom. The van der Waals surface area contributed by atoms with E-state index in [1.165, 1.54) is 16.7 Å². The van der Waals surface area contributed by atoms with Crippen LogP contribution in [0.15, 0.2) is 24.3 Å². The van der Waals surface area contributed by atoms with E-state index in [-0.39, 0.29) is 0 Å². The number of methoxy groups -OCH3 is 1. The van der Waals surface area contributed by atoms with Crippen LogP contribution in [0.3, 0.4) is 0 Å². The Hall–Kier alpha value is -1.28. The fourth-order valence-corrected chi connectivity index (χ4v) is 1.94. The predicted molar refractivity (Wildman–Crippen MR) is 79.0 cm³/mol. The Morgan fingerprint density at radius 1 is 1.39 bits per heavy atom. The Morgan fingerprint density at radius 2 is 2.11 bits per heavy atom. The van der Waals surface area contributed by atoms with Gasteiger partial charge in [-0.3, -0.25) is 0 Å². The summed E-state index contributed by atoms with van der Waals surface area (Å²) in [6.45, 7) is 7.30. The van der Waals surface area contributed by atoms with Crippen LogP contribution in [0.5, 0.6) is 5.75 Å². The third-order valence-corrected chi connectivity index (χ3v) is 3.17. The molecule has 1 aromatic carbocycles. The number of allylic oxidation sites excluding steroid dienone is 2. The van der Waals surface area contributed by atoms with E-state index in [9.17, 15) is 0 Å². The molecule has 0 saturated heterocycles. The maximum absolute atomic E-state index is 5.52. The topological polar surface area (TPSA) is 35.2 Å². The van der Waals surface area contributed by atoms with Crippen LogP contribution in [0, 0.1) is 0 Å². The van der Waals surface area contributed by atoms with Gasteiger partial charge >= 0.3 is 0 Å². The fourth-order valence-electron chi connectivity index (χ4n) is 1.94. The first-order chi connectivity index (χ1) is 8.60. The average Bonchev–Trinajstić information content (AvgIpc) is 2.38. The molecular weight excluding hydrogens is 222 g/mol. The molecule has 0 aliphatic heterocycles. The molecule has 1 aromatic rings. The van der Waals surface area contributed by atoms with Crippen LogP contribution in [0.4, 0.5) is 0 Å². The standard InChI is InChI=1S/C16H25NO/c1-12(2)14-8-9-16(18-4)15(11-14)13(3)7-5-6-10-17/h7-9,11-12H,5-6,10,17H2,1-4H3/b13-7+. The third kappa shape index (κ3) is 3.88. The van der Waals surface area contributed by atoms with E-state index in [1.54, 1.807) is 7.11 Å². The molecule has 0 unspecified atom stereocenters. The van der Waals surface area contributed by atoms with Gasteiger partial charge in [0.25, 0.3) is 0 Å². The molecule has 0 aliphatic rings. The van der Waals surface area contributed by atoms with E-state index in [2.05, 4.69) is 45.0 Å². The van der Waals surface area contributed by atoms with E-state index in [1.807, 2.05) is 0 Å². The van der Waals surface area contributed by atoms with Crippen molar-refractivity contribution in [2.24, 2.45) is 5.73 Å². The van der Waals surface area contributed by atoms with Gasteiger partial charge in [-0.25, -0.2) is 0 Å².